The van der Waals surface area contributed by atoms with Gasteiger partial charge in [-0.05, 0) is 31.0 Å². The number of benzene rings is 1. The molecule has 1 fully saturated rings. The van der Waals surface area contributed by atoms with Crippen molar-refractivity contribution >= 4 is 27.2 Å². The van der Waals surface area contributed by atoms with Gasteiger partial charge >= 0.3 is 0 Å². The van der Waals surface area contributed by atoms with Crippen LogP contribution in [-0.4, -0.2) is 30.8 Å². The molecule has 0 aromatic heterocycles. The molecule has 1 unspecified atom stereocenters. The molecule has 1 aliphatic heterocycles. The average molecular weight is 302 g/mol. The van der Waals surface area contributed by atoms with Gasteiger partial charge in [-0.25, -0.2) is 12.8 Å². The molecule has 1 aliphatic rings. The van der Waals surface area contributed by atoms with Crippen molar-refractivity contribution < 1.29 is 12.8 Å². The normalized spacial score (nSPS) is 21.2. The molecule has 104 valence electrons. The lowest BCUT2D eigenvalue weighted by Gasteiger charge is -2.31. The van der Waals surface area contributed by atoms with Crippen molar-refractivity contribution in [3.8, 4) is 0 Å². The van der Waals surface area contributed by atoms with Crippen LogP contribution in [0.1, 0.15) is 12.8 Å². The number of hydrogen-bond acceptors (Lipinski definition) is 3. The van der Waals surface area contributed by atoms with Crippen molar-refractivity contribution in [2.75, 3.05) is 13.1 Å². The van der Waals surface area contributed by atoms with Gasteiger partial charge in [0.25, 0.3) is 0 Å². The van der Waals surface area contributed by atoms with Crippen LogP contribution in [0.4, 0.5) is 4.39 Å². The van der Waals surface area contributed by atoms with E-state index in [0.29, 0.717) is 18.0 Å². The van der Waals surface area contributed by atoms with Gasteiger partial charge in [-0.1, -0.05) is 18.3 Å². The van der Waals surface area contributed by atoms with E-state index in [1.54, 1.807) is 0 Å². The Kier molecular flexibility index (Phi) is 4.17. The fourth-order valence-corrected chi connectivity index (χ4v) is 3.92. The van der Waals surface area contributed by atoms with Gasteiger partial charge < -0.3 is 5.73 Å². The quantitative estimate of drug-likeness (QED) is 0.860. The van der Waals surface area contributed by atoms with Gasteiger partial charge in [-0.3, -0.25) is 0 Å². The molecule has 1 heterocycles. The van der Waals surface area contributed by atoms with Gasteiger partial charge in [-0.2, -0.15) is 4.31 Å². The van der Waals surface area contributed by atoms with Gasteiger partial charge in [0.1, 0.15) is 5.82 Å². The molecule has 2 rings (SSSR count). The van der Waals surface area contributed by atoms with Crippen molar-refractivity contribution in [1.82, 2.24) is 4.31 Å². The van der Waals surface area contributed by atoms with Crippen LogP contribution in [0.2, 0.25) is 0 Å². The highest BCUT2D eigenvalue weighted by Gasteiger charge is 2.31. The standard InChI is InChI=1S/C12H15FN2O2S2/c13-10-4-1-5-11(7-10)19(16,17)15-6-2-3-9(8-15)12(14)18/h1,4-5,7,9H,2-3,6,8H2,(H2,14,18). The first-order chi connectivity index (χ1) is 8.91. The van der Waals surface area contributed by atoms with Crippen molar-refractivity contribution in [3.63, 3.8) is 0 Å². The molecule has 1 aromatic carbocycles. The largest absolute Gasteiger partial charge is 0.393 e. The van der Waals surface area contributed by atoms with E-state index in [4.69, 9.17) is 18.0 Å². The number of hydrogen-bond donors (Lipinski definition) is 1. The van der Waals surface area contributed by atoms with Gasteiger partial charge in [0.05, 0.1) is 9.88 Å². The molecule has 0 saturated carbocycles. The van der Waals surface area contributed by atoms with Crippen LogP contribution < -0.4 is 5.73 Å². The zero-order valence-electron chi connectivity index (χ0n) is 10.3. The maximum absolute atomic E-state index is 13.1. The summed E-state index contributed by atoms with van der Waals surface area (Å²) in [4.78, 5) is 0.301. The molecule has 0 amide bonds. The Hall–Kier alpha value is -1.05. The van der Waals surface area contributed by atoms with Gasteiger partial charge in [0.2, 0.25) is 10.0 Å². The summed E-state index contributed by atoms with van der Waals surface area (Å²) < 4.78 is 39.2. The molecular weight excluding hydrogens is 287 g/mol. The van der Waals surface area contributed by atoms with Crippen molar-refractivity contribution in [2.24, 2.45) is 11.7 Å². The van der Waals surface area contributed by atoms with Crippen LogP contribution in [-0.2, 0) is 10.0 Å². The smallest absolute Gasteiger partial charge is 0.243 e. The number of sulfonamides is 1. The minimum Gasteiger partial charge on any atom is -0.393 e. The second-order valence-electron chi connectivity index (χ2n) is 4.56. The van der Waals surface area contributed by atoms with E-state index in [9.17, 15) is 12.8 Å². The highest BCUT2D eigenvalue weighted by atomic mass is 32.2. The van der Waals surface area contributed by atoms with E-state index in [1.807, 2.05) is 0 Å². The van der Waals surface area contributed by atoms with Gasteiger partial charge in [0, 0.05) is 19.0 Å². The number of halogens is 1. The van der Waals surface area contributed by atoms with E-state index in [0.717, 1.165) is 12.5 Å². The number of rotatable bonds is 3. The summed E-state index contributed by atoms with van der Waals surface area (Å²) in [6.07, 6.45) is 1.50. The first-order valence-electron chi connectivity index (χ1n) is 5.96. The number of piperidine rings is 1. The number of nitrogens with zero attached hydrogens (tertiary/aromatic N) is 1. The van der Waals surface area contributed by atoms with E-state index in [-0.39, 0.29) is 17.4 Å². The minimum absolute atomic E-state index is 0.0314. The predicted octanol–water partition coefficient (Wildman–Crippen LogP) is 1.51. The maximum atomic E-state index is 13.1. The van der Waals surface area contributed by atoms with E-state index in [1.165, 1.54) is 22.5 Å². The zero-order valence-corrected chi connectivity index (χ0v) is 11.9. The molecule has 0 bridgehead atoms. The number of thiocarbonyl (C=S) groups is 1. The summed E-state index contributed by atoms with van der Waals surface area (Å²) in [6, 6.07) is 5.02. The zero-order chi connectivity index (χ0) is 14.0. The van der Waals surface area contributed by atoms with Crippen LogP contribution in [0.3, 0.4) is 0 Å². The van der Waals surface area contributed by atoms with Crippen molar-refractivity contribution in [3.05, 3.63) is 30.1 Å². The van der Waals surface area contributed by atoms with Crippen molar-refractivity contribution in [1.29, 1.82) is 0 Å². The van der Waals surface area contributed by atoms with Crippen LogP contribution in [0.5, 0.6) is 0 Å². The Balaban J connectivity index is 2.27. The summed E-state index contributed by atoms with van der Waals surface area (Å²) in [5.41, 5.74) is 5.59. The monoisotopic (exact) mass is 302 g/mol. The fourth-order valence-electron chi connectivity index (χ4n) is 2.17. The molecule has 2 N–H and O–H groups in total. The first kappa shape index (κ1) is 14.4. The Labute approximate surface area is 117 Å². The molecule has 0 spiro atoms. The van der Waals surface area contributed by atoms with Gasteiger partial charge in [0.15, 0.2) is 0 Å². The lowest BCUT2D eigenvalue weighted by atomic mass is 10.0. The molecule has 1 aromatic rings. The highest BCUT2D eigenvalue weighted by Crippen LogP contribution is 2.24. The third kappa shape index (κ3) is 3.10. The fraction of sp³-hybridized carbons (Fsp3) is 0.417. The van der Waals surface area contributed by atoms with Crippen LogP contribution in [0.25, 0.3) is 0 Å². The molecule has 7 heteroatoms. The SMILES string of the molecule is NC(=S)C1CCCN(S(=O)(=O)c2cccc(F)c2)C1. The topological polar surface area (TPSA) is 63.4 Å². The van der Waals surface area contributed by atoms with Crippen LogP contribution >= 0.6 is 12.2 Å². The predicted molar refractivity (Wildman–Crippen MR) is 74.7 cm³/mol. The summed E-state index contributed by atoms with van der Waals surface area (Å²) in [7, 11) is -3.67. The Morgan fingerprint density at radius 3 is 2.84 bits per heavy atom. The molecule has 19 heavy (non-hydrogen) atoms. The van der Waals surface area contributed by atoms with E-state index in [2.05, 4.69) is 0 Å². The first-order valence-corrected chi connectivity index (χ1v) is 7.81. The molecule has 0 radical (unpaired) electrons. The lowest BCUT2D eigenvalue weighted by Crippen LogP contribution is -2.43. The number of nitrogens with two attached hydrogens (primary N) is 1. The Morgan fingerprint density at radius 1 is 1.47 bits per heavy atom. The van der Waals surface area contributed by atoms with Crippen LogP contribution in [0, 0.1) is 11.7 Å². The highest BCUT2D eigenvalue weighted by molar-refractivity contribution is 7.89. The summed E-state index contributed by atoms with van der Waals surface area (Å²) in [5.74, 6) is -0.670. The molecule has 0 aliphatic carbocycles. The minimum atomic E-state index is -3.67. The second-order valence-corrected chi connectivity index (χ2v) is 6.97. The molecular formula is C12H15FN2O2S2. The lowest BCUT2D eigenvalue weighted by molar-refractivity contribution is 0.312. The van der Waals surface area contributed by atoms with E-state index < -0.39 is 15.8 Å². The summed E-state index contributed by atoms with van der Waals surface area (Å²) in [5, 5.41) is 0. The second kappa shape index (κ2) is 5.52. The maximum Gasteiger partial charge on any atom is 0.243 e. The van der Waals surface area contributed by atoms with Crippen molar-refractivity contribution in [2.45, 2.75) is 17.7 Å². The Morgan fingerprint density at radius 2 is 2.21 bits per heavy atom. The average Bonchev–Trinajstić information content (AvgIpc) is 2.39. The van der Waals surface area contributed by atoms with E-state index >= 15 is 0 Å². The summed E-state index contributed by atoms with van der Waals surface area (Å²) in [6.45, 7) is 0.687. The third-order valence-electron chi connectivity index (χ3n) is 3.22. The molecule has 1 atom stereocenters. The van der Waals surface area contributed by atoms with Crippen LogP contribution in [0.15, 0.2) is 29.2 Å². The van der Waals surface area contributed by atoms with Gasteiger partial charge in [-0.15, -0.1) is 0 Å². The summed E-state index contributed by atoms with van der Waals surface area (Å²) >= 11 is 4.93. The molecule has 1 saturated heterocycles. The Bertz CT molecular complexity index is 589. The molecule has 4 nitrogen and oxygen atoms in total. The third-order valence-corrected chi connectivity index (χ3v) is 5.41.